The van der Waals surface area contributed by atoms with Gasteiger partial charge in [0.2, 0.25) is 0 Å². The molecule has 1 aromatic carbocycles. The van der Waals surface area contributed by atoms with Crippen molar-refractivity contribution < 1.29 is 18.6 Å². The topological polar surface area (TPSA) is 29.5 Å². The Morgan fingerprint density at radius 1 is 1.19 bits per heavy atom. The molecule has 1 aromatic rings. The van der Waals surface area contributed by atoms with Crippen molar-refractivity contribution in [1.82, 2.24) is 0 Å². The van der Waals surface area contributed by atoms with Gasteiger partial charge in [-0.3, -0.25) is 0 Å². The highest BCUT2D eigenvalue weighted by atomic mass is 19.3. The first kappa shape index (κ1) is 13.1. The molecule has 4 heteroatoms. The highest BCUT2D eigenvalue weighted by Crippen LogP contribution is 2.17. The summed E-state index contributed by atoms with van der Waals surface area (Å²) in [5, 5.41) is 9.68. The lowest BCUT2D eigenvalue weighted by atomic mass is 10.0. The summed E-state index contributed by atoms with van der Waals surface area (Å²) in [6, 6.07) is 5.51. The summed E-state index contributed by atoms with van der Waals surface area (Å²) in [7, 11) is 0. The van der Waals surface area contributed by atoms with Crippen LogP contribution in [0.5, 0.6) is 0 Å². The van der Waals surface area contributed by atoms with E-state index < -0.39 is 19.1 Å². The molecule has 1 rings (SSSR count). The molecule has 0 heterocycles. The van der Waals surface area contributed by atoms with Gasteiger partial charge in [0, 0.05) is 0 Å². The predicted octanol–water partition coefficient (Wildman–Crippen LogP) is 2.62. The quantitative estimate of drug-likeness (QED) is 0.842. The van der Waals surface area contributed by atoms with Crippen LogP contribution in [0.1, 0.15) is 22.8 Å². The van der Waals surface area contributed by atoms with Gasteiger partial charge in [-0.25, -0.2) is 8.78 Å². The Kier molecular flexibility index (Phi) is 4.83. The highest BCUT2D eigenvalue weighted by molar-refractivity contribution is 5.31. The van der Waals surface area contributed by atoms with Crippen molar-refractivity contribution in [2.45, 2.75) is 26.4 Å². The minimum Gasteiger partial charge on any atom is -0.386 e. The van der Waals surface area contributed by atoms with Crippen LogP contribution in [0.4, 0.5) is 8.78 Å². The molecule has 90 valence electrons. The van der Waals surface area contributed by atoms with Gasteiger partial charge in [0.25, 0.3) is 6.43 Å². The molecule has 0 aliphatic carbocycles. The zero-order valence-corrected chi connectivity index (χ0v) is 9.41. The van der Waals surface area contributed by atoms with Crippen LogP contribution >= 0.6 is 0 Å². The first-order valence-corrected chi connectivity index (χ1v) is 5.12. The summed E-state index contributed by atoms with van der Waals surface area (Å²) in [5.74, 6) is 0. The molecule has 1 atom stereocenters. The molecule has 0 amide bonds. The molecule has 0 fully saturated rings. The Bertz CT molecular complexity index is 340. The molecule has 16 heavy (non-hydrogen) atoms. The van der Waals surface area contributed by atoms with Crippen molar-refractivity contribution in [2.75, 3.05) is 13.2 Å². The second-order valence-electron chi connectivity index (χ2n) is 3.79. The van der Waals surface area contributed by atoms with Gasteiger partial charge in [0.15, 0.2) is 0 Å². The number of halogens is 2. The minimum absolute atomic E-state index is 0.104. The molecule has 0 bridgehead atoms. The van der Waals surface area contributed by atoms with Crippen molar-refractivity contribution in [1.29, 1.82) is 0 Å². The second kappa shape index (κ2) is 5.92. The van der Waals surface area contributed by atoms with Crippen LogP contribution < -0.4 is 0 Å². The number of aryl methyl sites for hydroxylation is 2. The van der Waals surface area contributed by atoms with Gasteiger partial charge in [-0.05, 0) is 30.5 Å². The Balaban J connectivity index is 2.52. The van der Waals surface area contributed by atoms with E-state index in [0.29, 0.717) is 5.56 Å². The maximum atomic E-state index is 11.8. The van der Waals surface area contributed by atoms with E-state index in [1.165, 1.54) is 0 Å². The van der Waals surface area contributed by atoms with E-state index in [9.17, 15) is 13.9 Å². The smallest absolute Gasteiger partial charge is 0.261 e. The van der Waals surface area contributed by atoms with Gasteiger partial charge < -0.3 is 9.84 Å². The minimum atomic E-state index is -2.49. The van der Waals surface area contributed by atoms with Gasteiger partial charge in [-0.15, -0.1) is 0 Å². The molecular weight excluding hydrogens is 214 g/mol. The van der Waals surface area contributed by atoms with Gasteiger partial charge in [-0.2, -0.15) is 0 Å². The predicted molar refractivity (Wildman–Crippen MR) is 57.7 cm³/mol. The maximum Gasteiger partial charge on any atom is 0.261 e. The third kappa shape index (κ3) is 3.87. The molecular formula is C12H16F2O2. The van der Waals surface area contributed by atoms with E-state index >= 15 is 0 Å². The van der Waals surface area contributed by atoms with Crippen LogP contribution in [0.25, 0.3) is 0 Å². The lowest BCUT2D eigenvalue weighted by Gasteiger charge is -2.13. The van der Waals surface area contributed by atoms with E-state index in [0.717, 1.165) is 11.1 Å². The molecule has 0 aromatic heterocycles. The van der Waals surface area contributed by atoms with E-state index in [-0.39, 0.29) is 6.61 Å². The van der Waals surface area contributed by atoms with Gasteiger partial charge in [-0.1, -0.05) is 18.2 Å². The lowest BCUT2D eigenvalue weighted by Crippen LogP contribution is -2.12. The van der Waals surface area contributed by atoms with Crippen LogP contribution in [0.15, 0.2) is 18.2 Å². The Labute approximate surface area is 93.9 Å². The zero-order chi connectivity index (χ0) is 12.1. The number of benzene rings is 1. The lowest BCUT2D eigenvalue weighted by molar-refractivity contribution is -0.0204. The zero-order valence-electron chi connectivity index (χ0n) is 9.41. The average Bonchev–Trinajstić information content (AvgIpc) is 2.21. The summed E-state index contributed by atoms with van der Waals surface area (Å²) in [6.45, 7) is 3.17. The fourth-order valence-electron chi connectivity index (χ4n) is 1.34. The number of hydrogen-bond acceptors (Lipinski definition) is 2. The summed E-state index contributed by atoms with van der Waals surface area (Å²) < 4.78 is 28.3. The summed E-state index contributed by atoms with van der Waals surface area (Å²) in [5.41, 5.74) is 2.88. The first-order chi connectivity index (χ1) is 7.50. The third-order valence-corrected chi connectivity index (χ3v) is 2.44. The van der Waals surface area contributed by atoms with Crippen molar-refractivity contribution >= 4 is 0 Å². The van der Waals surface area contributed by atoms with Gasteiger partial charge >= 0.3 is 0 Å². The van der Waals surface area contributed by atoms with Crippen LogP contribution in [0.3, 0.4) is 0 Å². The number of hydrogen-bond donors (Lipinski definition) is 1. The largest absolute Gasteiger partial charge is 0.386 e. The van der Waals surface area contributed by atoms with E-state index in [2.05, 4.69) is 4.74 Å². The van der Waals surface area contributed by atoms with Gasteiger partial charge in [0.05, 0.1) is 6.61 Å². The van der Waals surface area contributed by atoms with Crippen LogP contribution in [-0.2, 0) is 4.74 Å². The average molecular weight is 230 g/mol. The summed E-state index contributed by atoms with van der Waals surface area (Å²) >= 11 is 0. The Morgan fingerprint density at radius 3 is 2.44 bits per heavy atom. The highest BCUT2D eigenvalue weighted by Gasteiger charge is 2.10. The SMILES string of the molecule is Cc1ccc(C(O)COCC(F)F)cc1C. The van der Waals surface area contributed by atoms with Gasteiger partial charge in [0.1, 0.15) is 12.7 Å². The fourth-order valence-corrected chi connectivity index (χ4v) is 1.34. The van der Waals surface area contributed by atoms with Crippen LogP contribution in [0, 0.1) is 13.8 Å². The second-order valence-corrected chi connectivity index (χ2v) is 3.79. The van der Waals surface area contributed by atoms with Crippen LogP contribution in [0.2, 0.25) is 0 Å². The number of aliphatic hydroxyl groups is 1. The normalized spacial score (nSPS) is 13.1. The summed E-state index contributed by atoms with van der Waals surface area (Å²) in [6.07, 6.45) is -3.34. The van der Waals surface area contributed by atoms with E-state index in [1.54, 1.807) is 6.07 Å². The Hall–Kier alpha value is -1.00. The van der Waals surface area contributed by atoms with Crippen molar-refractivity contribution in [3.8, 4) is 0 Å². The number of aliphatic hydroxyl groups excluding tert-OH is 1. The molecule has 1 N–H and O–H groups in total. The monoisotopic (exact) mass is 230 g/mol. The molecule has 2 nitrogen and oxygen atoms in total. The fraction of sp³-hybridized carbons (Fsp3) is 0.500. The number of rotatable bonds is 5. The molecule has 1 unspecified atom stereocenters. The molecule has 0 radical (unpaired) electrons. The molecule has 0 aliphatic rings. The van der Waals surface area contributed by atoms with Crippen LogP contribution in [-0.4, -0.2) is 24.7 Å². The van der Waals surface area contributed by atoms with Crippen molar-refractivity contribution in [3.05, 3.63) is 34.9 Å². The number of ether oxygens (including phenoxy) is 1. The standard InChI is InChI=1S/C12H16F2O2/c1-8-3-4-10(5-9(8)2)11(15)6-16-7-12(13)14/h3-5,11-12,15H,6-7H2,1-2H3. The molecule has 0 spiro atoms. The first-order valence-electron chi connectivity index (χ1n) is 5.12. The third-order valence-electron chi connectivity index (χ3n) is 2.44. The molecule has 0 aliphatic heterocycles. The molecule has 0 saturated heterocycles. The maximum absolute atomic E-state index is 11.8. The van der Waals surface area contributed by atoms with Crippen molar-refractivity contribution in [3.63, 3.8) is 0 Å². The van der Waals surface area contributed by atoms with Crippen molar-refractivity contribution in [2.24, 2.45) is 0 Å². The van der Waals surface area contributed by atoms with E-state index in [1.807, 2.05) is 26.0 Å². The number of alkyl halides is 2. The summed E-state index contributed by atoms with van der Waals surface area (Å²) in [4.78, 5) is 0. The molecule has 0 saturated carbocycles. The van der Waals surface area contributed by atoms with E-state index in [4.69, 9.17) is 0 Å². The Morgan fingerprint density at radius 2 is 1.88 bits per heavy atom.